The molecule has 6 rings (SSSR count). The topological polar surface area (TPSA) is 109 Å². The summed E-state index contributed by atoms with van der Waals surface area (Å²) in [6, 6.07) is 1.79. The number of hydrogen-bond donors (Lipinski definition) is 0. The molecule has 0 spiro atoms. The molecule has 3 saturated heterocycles. The Labute approximate surface area is 191 Å². The first-order valence-corrected chi connectivity index (χ1v) is 11.7. The number of rotatable bonds is 5. The number of Topliss-reactive ketones (excluding diaryl/α,β-unsaturated/α-hetero) is 2. The monoisotopic (exact) mass is 456 g/mol. The fraction of sp³-hybridized carbons (Fsp3) is 0.680. The van der Waals surface area contributed by atoms with Crippen LogP contribution in [-0.2, 0) is 33.4 Å². The van der Waals surface area contributed by atoms with Crippen LogP contribution in [-0.4, -0.2) is 40.8 Å². The van der Waals surface area contributed by atoms with Gasteiger partial charge in [-0.05, 0) is 39.7 Å². The molecule has 0 N–H and O–H groups in total. The van der Waals surface area contributed by atoms with Crippen molar-refractivity contribution < 1.29 is 37.8 Å². The molecule has 4 heterocycles. The fourth-order valence-corrected chi connectivity index (χ4v) is 7.62. The molecule has 33 heavy (non-hydrogen) atoms. The van der Waals surface area contributed by atoms with Crippen LogP contribution in [0.5, 0.6) is 0 Å². The second kappa shape index (κ2) is 6.34. The standard InChI is InChI=1S/C25H28O8/c1-22(2)17(23(3)18(32-22)10-19(28)33-23)9-14(26)8-15-16(27)4-6-24-12-25(15,24)21(29)31-20(24)13-5-7-30-11-13/h5,7,11,15,17-18,20H,4,6,8-10,12H2,1-3H3. The van der Waals surface area contributed by atoms with Gasteiger partial charge in [0.2, 0.25) is 0 Å². The largest absolute Gasteiger partial charge is 0.472 e. The van der Waals surface area contributed by atoms with Gasteiger partial charge >= 0.3 is 11.9 Å². The first-order valence-electron chi connectivity index (χ1n) is 11.7. The summed E-state index contributed by atoms with van der Waals surface area (Å²) in [5.41, 5.74) is -2.08. The van der Waals surface area contributed by atoms with Crippen LogP contribution < -0.4 is 0 Å². The summed E-state index contributed by atoms with van der Waals surface area (Å²) in [7, 11) is 0. The van der Waals surface area contributed by atoms with Gasteiger partial charge < -0.3 is 18.6 Å². The van der Waals surface area contributed by atoms with Crippen molar-refractivity contribution in [3.63, 3.8) is 0 Å². The Bertz CT molecular complexity index is 1070. The molecule has 8 nitrogen and oxygen atoms in total. The highest BCUT2D eigenvalue weighted by Gasteiger charge is 2.85. The SMILES string of the molecule is CC1(C)OC2CC(=O)OC2(C)C1CC(=O)CC1C(=O)CCC23CC12C(=O)OC3c1ccoc1. The van der Waals surface area contributed by atoms with E-state index in [-0.39, 0.29) is 54.8 Å². The van der Waals surface area contributed by atoms with Gasteiger partial charge in [0.25, 0.3) is 0 Å². The molecule has 5 fully saturated rings. The molecule has 1 aromatic rings. The van der Waals surface area contributed by atoms with Crippen LogP contribution in [0, 0.1) is 22.7 Å². The summed E-state index contributed by atoms with van der Waals surface area (Å²) in [5, 5.41) is 0. The number of esters is 2. The van der Waals surface area contributed by atoms with Gasteiger partial charge in [0, 0.05) is 42.1 Å². The first kappa shape index (κ1) is 21.1. The lowest BCUT2D eigenvalue weighted by molar-refractivity contribution is -0.154. The predicted molar refractivity (Wildman–Crippen MR) is 111 cm³/mol. The number of fused-ring (bicyclic) bond motifs is 1. The van der Waals surface area contributed by atoms with E-state index in [1.165, 1.54) is 0 Å². The summed E-state index contributed by atoms with van der Waals surface area (Å²) in [6.07, 6.45) is 4.09. The van der Waals surface area contributed by atoms with E-state index in [9.17, 15) is 19.2 Å². The third kappa shape index (κ3) is 2.56. The average Bonchev–Trinajstić information content (AvgIpc) is 3.00. The van der Waals surface area contributed by atoms with Crippen molar-refractivity contribution in [1.82, 2.24) is 0 Å². The summed E-state index contributed by atoms with van der Waals surface area (Å²) < 4.78 is 22.7. The van der Waals surface area contributed by atoms with Crippen LogP contribution in [0.2, 0.25) is 0 Å². The zero-order valence-corrected chi connectivity index (χ0v) is 19.1. The lowest BCUT2D eigenvalue weighted by Crippen LogP contribution is -2.44. The Morgan fingerprint density at radius 2 is 1.94 bits per heavy atom. The van der Waals surface area contributed by atoms with Crippen molar-refractivity contribution in [2.24, 2.45) is 22.7 Å². The van der Waals surface area contributed by atoms with Crippen molar-refractivity contribution in [3.8, 4) is 0 Å². The molecular weight excluding hydrogens is 428 g/mol. The van der Waals surface area contributed by atoms with E-state index >= 15 is 0 Å². The summed E-state index contributed by atoms with van der Waals surface area (Å²) in [6.45, 7) is 5.64. The number of cyclic esters (lactones) is 1. The van der Waals surface area contributed by atoms with Gasteiger partial charge in [-0.2, -0.15) is 0 Å². The Morgan fingerprint density at radius 1 is 1.15 bits per heavy atom. The minimum absolute atomic E-state index is 0.00490. The van der Waals surface area contributed by atoms with E-state index < -0.39 is 34.1 Å². The smallest absolute Gasteiger partial charge is 0.314 e. The predicted octanol–water partition coefficient (Wildman–Crippen LogP) is 3.08. The van der Waals surface area contributed by atoms with E-state index in [1.807, 2.05) is 20.8 Å². The van der Waals surface area contributed by atoms with Crippen molar-refractivity contribution in [1.29, 1.82) is 0 Å². The maximum Gasteiger partial charge on any atom is 0.314 e. The summed E-state index contributed by atoms with van der Waals surface area (Å²) in [5.74, 6) is -1.86. The van der Waals surface area contributed by atoms with Gasteiger partial charge in [-0.25, -0.2) is 0 Å². The van der Waals surface area contributed by atoms with E-state index in [0.717, 1.165) is 5.56 Å². The van der Waals surface area contributed by atoms with Gasteiger partial charge in [-0.3, -0.25) is 19.2 Å². The normalized spacial score (nSPS) is 44.6. The Balaban J connectivity index is 1.24. The molecule has 2 aliphatic carbocycles. The molecule has 0 amide bonds. The summed E-state index contributed by atoms with van der Waals surface area (Å²) >= 11 is 0. The van der Waals surface area contributed by atoms with E-state index in [2.05, 4.69) is 0 Å². The lowest BCUT2D eigenvalue weighted by Gasteiger charge is -2.34. The van der Waals surface area contributed by atoms with Crippen molar-refractivity contribution in [2.75, 3.05) is 0 Å². The van der Waals surface area contributed by atoms with Crippen LogP contribution in [0.1, 0.15) is 71.0 Å². The van der Waals surface area contributed by atoms with Crippen LogP contribution in [0.3, 0.4) is 0 Å². The highest BCUT2D eigenvalue weighted by Crippen LogP contribution is 2.82. The van der Waals surface area contributed by atoms with Crippen LogP contribution in [0.25, 0.3) is 0 Å². The third-order valence-corrected chi connectivity index (χ3v) is 9.26. The molecule has 5 aliphatic rings. The summed E-state index contributed by atoms with van der Waals surface area (Å²) in [4.78, 5) is 51.4. The second-order valence-electron chi connectivity index (χ2n) is 11.2. The van der Waals surface area contributed by atoms with Gasteiger partial charge in [0.1, 0.15) is 29.4 Å². The Kier molecular flexibility index (Phi) is 4.05. The Morgan fingerprint density at radius 3 is 2.67 bits per heavy atom. The van der Waals surface area contributed by atoms with Gasteiger partial charge in [-0.1, -0.05) is 0 Å². The van der Waals surface area contributed by atoms with Gasteiger partial charge in [0.15, 0.2) is 0 Å². The first-order chi connectivity index (χ1) is 15.5. The van der Waals surface area contributed by atoms with Crippen molar-refractivity contribution in [3.05, 3.63) is 24.2 Å². The fourth-order valence-electron chi connectivity index (χ4n) is 7.62. The highest BCUT2D eigenvalue weighted by molar-refractivity contribution is 5.99. The number of ketones is 2. The molecule has 2 saturated carbocycles. The van der Waals surface area contributed by atoms with Gasteiger partial charge in [0.05, 0.1) is 30.0 Å². The molecule has 7 atom stereocenters. The quantitative estimate of drug-likeness (QED) is 0.622. The Hall–Kier alpha value is -2.48. The van der Waals surface area contributed by atoms with Crippen molar-refractivity contribution >= 4 is 23.5 Å². The molecule has 176 valence electrons. The molecular formula is C25H28O8. The molecule has 0 aromatic carbocycles. The number of hydrogen-bond acceptors (Lipinski definition) is 8. The minimum atomic E-state index is -0.923. The lowest BCUT2D eigenvalue weighted by atomic mass is 9.67. The number of ether oxygens (including phenoxy) is 3. The van der Waals surface area contributed by atoms with Crippen LogP contribution >= 0.6 is 0 Å². The van der Waals surface area contributed by atoms with E-state index in [4.69, 9.17) is 18.6 Å². The molecule has 0 radical (unpaired) electrons. The minimum Gasteiger partial charge on any atom is -0.472 e. The molecule has 3 aliphatic heterocycles. The molecule has 1 aromatic heterocycles. The average molecular weight is 456 g/mol. The highest BCUT2D eigenvalue weighted by atomic mass is 16.6. The zero-order valence-electron chi connectivity index (χ0n) is 19.1. The number of carbonyl (C=O) groups excluding carboxylic acids is 4. The van der Waals surface area contributed by atoms with E-state index in [1.54, 1.807) is 18.6 Å². The van der Waals surface area contributed by atoms with Crippen LogP contribution in [0.4, 0.5) is 0 Å². The molecule has 0 bridgehead atoms. The van der Waals surface area contributed by atoms with Gasteiger partial charge in [-0.15, -0.1) is 0 Å². The zero-order chi connectivity index (χ0) is 23.4. The molecule has 7 unspecified atom stereocenters. The van der Waals surface area contributed by atoms with Crippen LogP contribution in [0.15, 0.2) is 23.0 Å². The number of carbonyl (C=O) groups is 4. The number of furan rings is 1. The maximum atomic E-state index is 13.4. The third-order valence-electron chi connectivity index (χ3n) is 9.26. The maximum absolute atomic E-state index is 13.4. The van der Waals surface area contributed by atoms with Crippen molar-refractivity contribution in [2.45, 2.75) is 82.7 Å². The van der Waals surface area contributed by atoms with E-state index in [0.29, 0.717) is 19.3 Å². The second-order valence-corrected chi connectivity index (χ2v) is 11.2. The molecule has 8 heteroatoms.